The average Bonchev–Trinajstić information content (AvgIpc) is 3.11. The average molecular weight is 460 g/mol. The molecule has 0 saturated carbocycles. The highest BCUT2D eigenvalue weighted by atomic mass is 16.5. The summed E-state index contributed by atoms with van der Waals surface area (Å²) >= 11 is 0. The Balaban J connectivity index is 1.37. The second-order valence-electron chi connectivity index (χ2n) is 10.4. The van der Waals surface area contributed by atoms with Crippen LogP contribution in [0.15, 0.2) is 48.5 Å². The second kappa shape index (κ2) is 10.5. The molecule has 3 aliphatic rings. The lowest BCUT2D eigenvalue weighted by atomic mass is 9.71. The Kier molecular flexibility index (Phi) is 7.26. The quantitative estimate of drug-likeness (QED) is 0.425. The molecular formula is C30H37NO3. The molecule has 2 heterocycles. The Morgan fingerprint density at radius 2 is 1.74 bits per heavy atom. The Bertz CT molecular complexity index is 1000. The predicted molar refractivity (Wildman–Crippen MR) is 134 cm³/mol. The summed E-state index contributed by atoms with van der Waals surface area (Å²) < 4.78 is 5.47. The molecule has 180 valence electrons. The number of hydrogen-bond donors (Lipinski definition) is 1. The van der Waals surface area contributed by atoms with Crippen molar-refractivity contribution in [2.45, 2.75) is 69.1 Å². The van der Waals surface area contributed by atoms with Gasteiger partial charge in [-0.3, -0.25) is 9.59 Å². The van der Waals surface area contributed by atoms with Crippen molar-refractivity contribution in [3.63, 3.8) is 0 Å². The molecule has 0 radical (unpaired) electrons. The van der Waals surface area contributed by atoms with Gasteiger partial charge in [-0.15, -0.1) is 0 Å². The number of piperidine rings is 1. The van der Waals surface area contributed by atoms with E-state index in [1.54, 1.807) is 0 Å². The van der Waals surface area contributed by atoms with Crippen molar-refractivity contribution < 1.29 is 14.3 Å². The fourth-order valence-corrected chi connectivity index (χ4v) is 6.52. The number of unbranched alkanes of at least 4 members (excludes halogenated alkanes) is 1. The number of benzene rings is 2. The van der Waals surface area contributed by atoms with Crippen molar-refractivity contribution in [2.24, 2.45) is 5.92 Å². The molecule has 4 heteroatoms. The predicted octanol–water partition coefficient (Wildman–Crippen LogP) is 5.39. The van der Waals surface area contributed by atoms with Gasteiger partial charge in [0.05, 0.1) is 5.41 Å². The van der Waals surface area contributed by atoms with E-state index in [2.05, 4.69) is 23.5 Å². The number of nitrogens with one attached hydrogen (secondary N) is 1. The number of Topliss-reactive ketones (excluding diaryl/α,β-unsaturated/α-hetero) is 2. The lowest BCUT2D eigenvalue weighted by Gasteiger charge is -2.35. The van der Waals surface area contributed by atoms with Gasteiger partial charge in [-0.1, -0.05) is 61.4 Å². The molecule has 2 fully saturated rings. The van der Waals surface area contributed by atoms with Crippen molar-refractivity contribution in [3.8, 4) is 0 Å². The molecule has 1 N–H and O–H groups in total. The first-order chi connectivity index (χ1) is 16.7. The number of ether oxygens (including phenoxy) is 1. The summed E-state index contributed by atoms with van der Waals surface area (Å²) in [5, 5.41) is 3.43. The fraction of sp³-hybridized carbons (Fsp3) is 0.533. The van der Waals surface area contributed by atoms with E-state index in [1.807, 2.05) is 30.3 Å². The highest BCUT2D eigenvalue weighted by molar-refractivity contribution is 6.07. The third kappa shape index (κ3) is 4.63. The van der Waals surface area contributed by atoms with E-state index in [0.29, 0.717) is 18.6 Å². The molecular weight excluding hydrogens is 422 g/mol. The number of hydrogen-bond acceptors (Lipinski definition) is 4. The van der Waals surface area contributed by atoms with Crippen LogP contribution in [0.1, 0.15) is 84.3 Å². The zero-order chi connectivity index (χ0) is 23.4. The normalized spacial score (nSPS) is 22.1. The smallest absolute Gasteiger partial charge is 0.163 e. The van der Waals surface area contributed by atoms with Crippen molar-refractivity contribution in [1.82, 2.24) is 5.32 Å². The maximum atomic E-state index is 14.0. The van der Waals surface area contributed by atoms with Crippen molar-refractivity contribution in [1.29, 1.82) is 0 Å². The third-order valence-corrected chi connectivity index (χ3v) is 8.39. The summed E-state index contributed by atoms with van der Waals surface area (Å²) in [6.07, 6.45) is 8.39. The number of rotatable bonds is 8. The number of carbonyl (C=O) groups is 2. The van der Waals surface area contributed by atoms with E-state index in [1.165, 1.54) is 12.0 Å². The standard InChI is InChI=1S/C30H37NO3/c32-27(12-5-4-7-22-13-19-34-20-14-22)25-11-6-10-24-26(21-23-8-2-1-3-9-23)29(33)30(28(24)25)15-17-31-18-16-30/h1-3,6,8-11,22,26,31H,4-5,7,12-21H2. The van der Waals surface area contributed by atoms with Gasteiger partial charge in [0.1, 0.15) is 0 Å². The number of fused-ring (bicyclic) bond motifs is 2. The monoisotopic (exact) mass is 459 g/mol. The molecule has 4 nitrogen and oxygen atoms in total. The maximum absolute atomic E-state index is 14.0. The summed E-state index contributed by atoms with van der Waals surface area (Å²) in [4.78, 5) is 27.5. The zero-order valence-electron chi connectivity index (χ0n) is 20.2. The highest BCUT2D eigenvalue weighted by Gasteiger charge is 2.53. The van der Waals surface area contributed by atoms with Crippen LogP contribution >= 0.6 is 0 Å². The minimum Gasteiger partial charge on any atom is -0.381 e. The van der Waals surface area contributed by atoms with Crippen LogP contribution in [0, 0.1) is 5.92 Å². The Morgan fingerprint density at radius 1 is 0.971 bits per heavy atom. The Morgan fingerprint density at radius 3 is 2.50 bits per heavy atom. The number of ketones is 2. The van der Waals surface area contributed by atoms with Crippen LogP contribution in [0.4, 0.5) is 0 Å². The van der Waals surface area contributed by atoms with Crippen LogP contribution in [-0.2, 0) is 21.4 Å². The maximum Gasteiger partial charge on any atom is 0.163 e. The first-order valence-corrected chi connectivity index (χ1v) is 13.2. The van der Waals surface area contributed by atoms with E-state index in [-0.39, 0.29) is 11.7 Å². The molecule has 1 unspecified atom stereocenters. The molecule has 2 aromatic carbocycles. The topological polar surface area (TPSA) is 55.4 Å². The van der Waals surface area contributed by atoms with Crippen LogP contribution in [0.3, 0.4) is 0 Å². The van der Waals surface area contributed by atoms with Gasteiger partial charge in [0.15, 0.2) is 11.6 Å². The lowest BCUT2D eigenvalue weighted by Crippen LogP contribution is -2.44. The Hall–Kier alpha value is -2.30. The van der Waals surface area contributed by atoms with Gasteiger partial charge in [-0.05, 0) is 74.2 Å². The molecule has 0 amide bonds. The summed E-state index contributed by atoms with van der Waals surface area (Å²) in [5.41, 5.74) is 3.66. The number of carbonyl (C=O) groups excluding carboxylic acids is 2. The lowest BCUT2D eigenvalue weighted by molar-refractivity contribution is -0.125. The minimum atomic E-state index is -0.506. The van der Waals surface area contributed by atoms with Gasteiger partial charge >= 0.3 is 0 Å². The van der Waals surface area contributed by atoms with Gasteiger partial charge in [0.2, 0.25) is 0 Å². The SMILES string of the molecule is O=C(CCCCC1CCOCC1)c1cccc2c1C1(CCNCC1)C(=O)C2Cc1ccccc1. The Labute approximate surface area is 203 Å². The summed E-state index contributed by atoms with van der Waals surface area (Å²) in [6, 6.07) is 16.4. The van der Waals surface area contributed by atoms with Gasteiger partial charge < -0.3 is 10.1 Å². The zero-order valence-corrected chi connectivity index (χ0v) is 20.2. The molecule has 1 aliphatic carbocycles. The third-order valence-electron chi connectivity index (χ3n) is 8.39. The summed E-state index contributed by atoms with van der Waals surface area (Å²) in [6.45, 7) is 3.43. The summed E-state index contributed by atoms with van der Waals surface area (Å²) in [5.74, 6) is 1.14. The fourth-order valence-electron chi connectivity index (χ4n) is 6.52. The molecule has 0 aromatic heterocycles. The highest BCUT2D eigenvalue weighted by Crippen LogP contribution is 2.50. The van der Waals surface area contributed by atoms with Gasteiger partial charge in [0.25, 0.3) is 0 Å². The van der Waals surface area contributed by atoms with E-state index in [9.17, 15) is 9.59 Å². The van der Waals surface area contributed by atoms with Gasteiger partial charge in [-0.2, -0.15) is 0 Å². The van der Waals surface area contributed by atoms with Gasteiger partial charge in [0, 0.05) is 31.1 Å². The molecule has 5 rings (SSSR count). The van der Waals surface area contributed by atoms with Crippen molar-refractivity contribution in [2.75, 3.05) is 26.3 Å². The van der Waals surface area contributed by atoms with Crippen molar-refractivity contribution in [3.05, 3.63) is 70.8 Å². The molecule has 2 aliphatic heterocycles. The summed E-state index contributed by atoms with van der Waals surface area (Å²) in [7, 11) is 0. The van der Waals surface area contributed by atoms with Crippen LogP contribution in [0.5, 0.6) is 0 Å². The van der Waals surface area contributed by atoms with E-state index in [4.69, 9.17) is 4.74 Å². The van der Waals surface area contributed by atoms with E-state index in [0.717, 1.165) is 87.4 Å². The van der Waals surface area contributed by atoms with E-state index >= 15 is 0 Å². The minimum absolute atomic E-state index is 0.156. The molecule has 1 spiro atoms. The molecule has 0 bridgehead atoms. The van der Waals surface area contributed by atoms with E-state index < -0.39 is 5.41 Å². The molecule has 1 atom stereocenters. The molecule has 2 aromatic rings. The molecule has 2 saturated heterocycles. The van der Waals surface area contributed by atoms with Gasteiger partial charge in [-0.25, -0.2) is 0 Å². The second-order valence-corrected chi connectivity index (χ2v) is 10.4. The van der Waals surface area contributed by atoms with Crippen LogP contribution in [-0.4, -0.2) is 37.9 Å². The molecule has 34 heavy (non-hydrogen) atoms. The first-order valence-electron chi connectivity index (χ1n) is 13.2. The largest absolute Gasteiger partial charge is 0.381 e. The van der Waals surface area contributed by atoms with Crippen LogP contribution < -0.4 is 5.32 Å². The van der Waals surface area contributed by atoms with Crippen molar-refractivity contribution >= 4 is 11.6 Å². The van der Waals surface area contributed by atoms with Crippen LogP contribution in [0.2, 0.25) is 0 Å². The van der Waals surface area contributed by atoms with Crippen LogP contribution in [0.25, 0.3) is 0 Å². The first kappa shape index (κ1) is 23.4.